The third-order valence-electron chi connectivity index (χ3n) is 11.0. The van der Waals surface area contributed by atoms with Gasteiger partial charge in [-0.3, -0.25) is 0 Å². The minimum Gasteiger partial charge on any atom is -0.208 e. The zero-order chi connectivity index (χ0) is 37.0. The molecule has 1 aromatic heterocycles. The quantitative estimate of drug-likeness (QED) is 0.167. The van der Waals surface area contributed by atoms with Crippen molar-refractivity contribution >= 4 is 53.9 Å². The van der Waals surface area contributed by atoms with Gasteiger partial charge < -0.3 is 0 Å². The fourth-order valence-electron chi connectivity index (χ4n) is 8.21. The average molecular weight is 712 g/mol. The third kappa shape index (κ3) is 5.57. The predicted octanol–water partition coefficient (Wildman–Crippen LogP) is 14.0. The average Bonchev–Trinajstić information content (AvgIpc) is 3.27. The van der Waals surface area contributed by atoms with Gasteiger partial charge in [0.1, 0.15) is 0 Å². The molecule has 0 N–H and O–H groups in total. The summed E-state index contributed by atoms with van der Waals surface area (Å²) < 4.78 is 0. The van der Waals surface area contributed by atoms with Crippen LogP contribution in [-0.4, -0.2) is 15.0 Å². The molecule has 3 nitrogen and oxygen atoms in total. The molecule has 1 heterocycles. The second-order valence-corrected chi connectivity index (χ2v) is 14.4. The standard InChI is InChI=1S/C53H33N3/c1-3-13-36-29-38(23-21-34(36)11-1)39-24-25-41-31-44(27-26-40(41)30-39)46-17-9-10-20-49(46)52-54-51(45-28-22-35-12-2-4-14-37(35)32-45)55-53(56-52)50-47-18-7-5-15-42(47)33-43-16-6-8-19-48(43)50/h1-33H. The molecule has 0 bridgehead atoms. The highest BCUT2D eigenvalue weighted by Gasteiger charge is 2.19. The van der Waals surface area contributed by atoms with E-state index in [0.717, 1.165) is 54.7 Å². The van der Waals surface area contributed by atoms with Crippen LogP contribution in [0.3, 0.4) is 0 Å². The summed E-state index contributed by atoms with van der Waals surface area (Å²) in [6.07, 6.45) is 0. The van der Waals surface area contributed by atoms with Crippen LogP contribution in [0.4, 0.5) is 0 Å². The summed E-state index contributed by atoms with van der Waals surface area (Å²) in [6.45, 7) is 0. The molecule has 0 unspecified atom stereocenters. The van der Waals surface area contributed by atoms with Crippen LogP contribution in [-0.2, 0) is 0 Å². The van der Waals surface area contributed by atoms with Gasteiger partial charge in [-0.05, 0) is 106 Å². The SMILES string of the molecule is c1ccc(-c2nc(-c3ccc4ccccc4c3)nc(-c3c4ccccc4cc4ccccc34)n2)c(-c2ccc3cc(-c4ccc5ccccc5c4)ccc3c2)c1. The van der Waals surface area contributed by atoms with E-state index in [9.17, 15) is 0 Å². The van der Waals surface area contributed by atoms with Crippen molar-refractivity contribution in [1.82, 2.24) is 15.0 Å². The second-order valence-electron chi connectivity index (χ2n) is 14.4. The highest BCUT2D eigenvalue weighted by molar-refractivity contribution is 6.11. The number of fused-ring (bicyclic) bond motifs is 5. The third-order valence-corrected chi connectivity index (χ3v) is 11.0. The summed E-state index contributed by atoms with van der Waals surface area (Å²) in [5, 5.41) is 11.7. The molecule has 3 heteroatoms. The highest BCUT2D eigenvalue weighted by Crippen LogP contribution is 2.39. The zero-order valence-electron chi connectivity index (χ0n) is 30.4. The molecule has 0 spiro atoms. The summed E-state index contributed by atoms with van der Waals surface area (Å²) in [4.78, 5) is 15.9. The van der Waals surface area contributed by atoms with Crippen LogP contribution >= 0.6 is 0 Å². The van der Waals surface area contributed by atoms with E-state index in [1.807, 2.05) is 0 Å². The number of benzene rings is 10. The summed E-state index contributed by atoms with van der Waals surface area (Å²) in [6, 6.07) is 71.3. The van der Waals surface area contributed by atoms with Crippen molar-refractivity contribution in [3.63, 3.8) is 0 Å². The molecule has 0 saturated heterocycles. The van der Waals surface area contributed by atoms with Crippen LogP contribution in [0.15, 0.2) is 200 Å². The molecule has 10 aromatic carbocycles. The predicted molar refractivity (Wildman–Crippen MR) is 235 cm³/mol. The van der Waals surface area contributed by atoms with Crippen LogP contribution in [0.2, 0.25) is 0 Å². The molecule has 0 saturated carbocycles. The van der Waals surface area contributed by atoms with Gasteiger partial charge in [0.05, 0.1) is 0 Å². The molecule has 0 aliphatic carbocycles. The van der Waals surface area contributed by atoms with Crippen LogP contribution in [0.25, 0.3) is 110 Å². The van der Waals surface area contributed by atoms with Gasteiger partial charge in [-0.1, -0.05) is 170 Å². The second kappa shape index (κ2) is 13.1. The van der Waals surface area contributed by atoms with Gasteiger partial charge in [0.2, 0.25) is 0 Å². The van der Waals surface area contributed by atoms with E-state index < -0.39 is 0 Å². The molecular formula is C53H33N3. The number of hydrogen-bond donors (Lipinski definition) is 0. The van der Waals surface area contributed by atoms with E-state index in [-0.39, 0.29) is 0 Å². The Hall–Kier alpha value is -7.49. The molecule has 0 amide bonds. The van der Waals surface area contributed by atoms with E-state index >= 15 is 0 Å². The lowest BCUT2D eigenvalue weighted by Crippen LogP contribution is -2.02. The van der Waals surface area contributed by atoms with Crippen molar-refractivity contribution < 1.29 is 0 Å². The number of aromatic nitrogens is 3. The molecule has 0 aliphatic heterocycles. The Morgan fingerprint density at radius 2 is 0.625 bits per heavy atom. The Morgan fingerprint density at radius 3 is 1.25 bits per heavy atom. The maximum Gasteiger partial charge on any atom is 0.165 e. The maximum atomic E-state index is 5.36. The van der Waals surface area contributed by atoms with Gasteiger partial charge in [0.25, 0.3) is 0 Å². The van der Waals surface area contributed by atoms with Crippen LogP contribution in [0.1, 0.15) is 0 Å². The van der Waals surface area contributed by atoms with Crippen LogP contribution < -0.4 is 0 Å². The smallest absolute Gasteiger partial charge is 0.165 e. The lowest BCUT2D eigenvalue weighted by molar-refractivity contribution is 1.08. The van der Waals surface area contributed by atoms with Gasteiger partial charge in [-0.15, -0.1) is 0 Å². The fourth-order valence-corrected chi connectivity index (χ4v) is 8.21. The van der Waals surface area contributed by atoms with Crippen molar-refractivity contribution in [2.45, 2.75) is 0 Å². The van der Waals surface area contributed by atoms with E-state index in [1.54, 1.807) is 0 Å². The molecule has 0 atom stereocenters. The first-order valence-corrected chi connectivity index (χ1v) is 19.0. The normalized spacial score (nSPS) is 11.6. The highest BCUT2D eigenvalue weighted by atomic mass is 15.0. The molecule has 11 rings (SSSR count). The van der Waals surface area contributed by atoms with E-state index in [2.05, 4.69) is 200 Å². The van der Waals surface area contributed by atoms with Gasteiger partial charge in [-0.2, -0.15) is 0 Å². The summed E-state index contributed by atoms with van der Waals surface area (Å²) in [5.74, 6) is 1.93. The minimum absolute atomic E-state index is 0.637. The first-order chi connectivity index (χ1) is 27.7. The topological polar surface area (TPSA) is 38.7 Å². The summed E-state index contributed by atoms with van der Waals surface area (Å²) in [7, 11) is 0. The van der Waals surface area contributed by atoms with E-state index in [0.29, 0.717) is 17.5 Å². The van der Waals surface area contributed by atoms with Crippen molar-refractivity contribution in [3.8, 4) is 56.4 Å². The lowest BCUT2D eigenvalue weighted by Gasteiger charge is -2.15. The molecule has 0 fully saturated rings. The molecule has 0 aliphatic rings. The van der Waals surface area contributed by atoms with E-state index in [1.165, 1.54) is 38.1 Å². The number of rotatable bonds is 5. The first-order valence-electron chi connectivity index (χ1n) is 19.0. The molecule has 260 valence electrons. The molecule has 11 aromatic rings. The van der Waals surface area contributed by atoms with Gasteiger partial charge in [-0.25, -0.2) is 15.0 Å². The van der Waals surface area contributed by atoms with Crippen molar-refractivity contribution in [2.75, 3.05) is 0 Å². The van der Waals surface area contributed by atoms with Gasteiger partial charge >= 0.3 is 0 Å². The van der Waals surface area contributed by atoms with Crippen molar-refractivity contribution in [2.24, 2.45) is 0 Å². The Morgan fingerprint density at radius 1 is 0.232 bits per heavy atom. The van der Waals surface area contributed by atoms with Crippen molar-refractivity contribution in [1.29, 1.82) is 0 Å². The first kappa shape index (κ1) is 32.0. The minimum atomic E-state index is 0.637. The Bertz CT molecular complexity index is 3270. The Balaban J connectivity index is 1.08. The number of hydrogen-bond acceptors (Lipinski definition) is 3. The Labute approximate surface area is 324 Å². The number of nitrogens with zero attached hydrogens (tertiary/aromatic N) is 3. The Kier molecular flexibility index (Phi) is 7.49. The van der Waals surface area contributed by atoms with Crippen LogP contribution in [0, 0.1) is 0 Å². The zero-order valence-corrected chi connectivity index (χ0v) is 30.4. The fraction of sp³-hybridized carbons (Fsp3) is 0. The van der Waals surface area contributed by atoms with Gasteiger partial charge in [0.15, 0.2) is 17.5 Å². The molecule has 0 radical (unpaired) electrons. The largest absolute Gasteiger partial charge is 0.208 e. The molecular weight excluding hydrogens is 679 g/mol. The van der Waals surface area contributed by atoms with Crippen LogP contribution in [0.5, 0.6) is 0 Å². The summed E-state index contributed by atoms with van der Waals surface area (Å²) in [5.41, 5.74) is 7.50. The van der Waals surface area contributed by atoms with E-state index in [4.69, 9.17) is 15.0 Å². The maximum absolute atomic E-state index is 5.36. The van der Waals surface area contributed by atoms with Gasteiger partial charge in [0, 0.05) is 16.7 Å². The van der Waals surface area contributed by atoms with Crippen molar-refractivity contribution in [3.05, 3.63) is 200 Å². The summed E-state index contributed by atoms with van der Waals surface area (Å²) >= 11 is 0. The molecule has 56 heavy (non-hydrogen) atoms. The monoisotopic (exact) mass is 711 g/mol. The lowest BCUT2D eigenvalue weighted by atomic mass is 9.94.